The number of aromatic carboxylic acids is 1. The second kappa shape index (κ2) is 4.29. The average Bonchev–Trinajstić information content (AvgIpc) is 2.26. The Balaban J connectivity index is 2.98. The summed E-state index contributed by atoms with van der Waals surface area (Å²) in [5.41, 5.74) is 0.418. The molecular weight excluding hydrogens is 232 g/mol. The van der Waals surface area contributed by atoms with E-state index < -0.39 is 11.6 Å². The van der Waals surface area contributed by atoms with Gasteiger partial charge in [-0.05, 0) is 30.5 Å². The van der Waals surface area contributed by atoms with Gasteiger partial charge < -0.3 is 9.52 Å². The topological polar surface area (TPSA) is 67.5 Å². The zero-order valence-electron chi connectivity index (χ0n) is 10.5. The lowest BCUT2D eigenvalue weighted by Crippen LogP contribution is -2.09. The van der Waals surface area contributed by atoms with Gasteiger partial charge in [-0.25, -0.2) is 9.59 Å². The van der Waals surface area contributed by atoms with Gasteiger partial charge in [0.05, 0.1) is 10.9 Å². The molecule has 0 aliphatic heterocycles. The van der Waals surface area contributed by atoms with E-state index in [0.717, 1.165) is 5.56 Å². The number of aryl methyl sites for hydroxylation is 1. The molecule has 4 nitrogen and oxygen atoms in total. The van der Waals surface area contributed by atoms with Crippen molar-refractivity contribution in [2.24, 2.45) is 0 Å². The molecular formula is C14H14O4. The van der Waals surface area contributed by atoms with Crippen LogP contribution < -0.4 is 5.63 Å². The van der Waals surface area contributed by atoms with Crippen LogP contribution in [0.25, 0.3) is 10.8 Å². The van der Waals surface area contributed by atoms with Crippen molar-refractivity contribution in [3.05, 3.63) is 45.5 Å². The zero-order chi connectivity index (χ0) is 13.4. The van der Waals surface area contributed by atoms with Crippen LogP contribution in [-0.4, -0.2) is 11.1 Å². The number of benzene rings is 1. The van der Waals surface area contributed by atoms with Crippen molar-refractivity contribution in [1.82, 2.24) is 0 Å². The number of carboxylic acids is 1. The summed E-state index contributed by atoms with van der Waals surface area (Å²) in [6.45, 7) is 5.48. The molecule has 0 unspecified atom stereocenters. The molecule has 0 spiro atoms. The van der Waals surface area contributed by atoms with Crippen molar-refractivity contribution in [2.75, 3.05) is 0 Å². The van der Waals surface area contributed by atoms with E-state index >= 15 is 0 Å². The van der Waals surface area contributed by atoms with Crippen molar-refractivity contribution in [1.29, 1.82) is 0 Å². The lowest BCUT2D eigenvalue weighted by Gasteiger charge is -2.12. The van der Waals surface area contributed by atoms with Crippen molar-refractivity contribution in [2.45, 2.75) is 26.7 Å². The SMILES string of the molecule is Cc1cc2c(C(=O)O)c(C(C)C)ccc2c(=O)o1. The third kappa shape index (κ3) is 1.90. The maximum Gasteiger partial charge on any atom is 0.343 e. The number of hydrogen-bond donors (Lipinski definition) is 1. The predicted molar refractivity (Wildman–Crippen MR) is 68.3 cm³/mol. The van der Waals surface area contributed by atoms with Crippen LogP contribution in [0.2, 0.25) is 0 Å². The van der Waals surface area contributed by atoms with E-state index in [1.165, 1.54) is 0 Å². The third-order valence-corrected chi connectivity index (χ3v) is 2.93. The molecule has 0 atom stereocenters. The molecule has 2 rings (SSSR count). The second-order valence-corrected chi connectivity index (χ2v) is 4.60. The van der Waals surface area contributed by atoms with Crippen LogP contribution in [0.4, 0.5) is 0 Å². The number of rotatable bonds is 2. The molecule has 0 aliphatic rings. The molecule has 4 heteroatoms. The minimum atomic E-state index is -1.02. The molecule has 0 saturated carbocycles. The fourth-order valence-corrected chi connectivity index (χ4v) is 2.12. The standard InChI is InChI=1S/C14H14O4/c1-7(2)9-4-5-10-11(12(9)13(15)16)6-8(3)18-14(10)17/h4-7H,1-3H3,(H,15,16). The van der Waals surface area contributed by atoms with E-state index in [1.807, 2.05) is 13.8 Å². The van der Waals surface area contributed by atoms with Gasteiger partial charge in [0.25, 0.3) is 0 Å². The van der Waals surface area contributed by atoms with Gasteiger partial charge in [-0.2, -0.15) is 0 Å². The quantitative estimate of drug-likeness (QED) is 0.884. The molecule has 0 amide bonds. The summed E-state index contributed by atoms with van der Waals surface area (Å²) in [4.78, 5) is 23.1. The Hall–Kier alpha value is -2.10. The maximum atomic E-state index is 11.7. The van der Waals surface area contributed by atoms with Gasteiger partial charge in [-0.1, -0.05) is 19.9 Å². The van der Waals surface area contributed by atoms with Crippen molar-refractivity contribution in [3.63, 3.8) is 0 Å². The molecule has 0 radical (unpaired) electrons. The molecule has 0 fully saturated rings. The number of hydrogen-bond acceptors (Lipinski definition) is 3. The van der Waals surface area contributed by atoms with E-state index in [-0.39, 0.29) is 11.5 Å². The smallest absolute Gasteiger partial charge is 0.343 e. The fourth-order valence-electron chi connectivity index (χ4n) is 2.12. The molecule has 1 aromatic carbocycles. The van der Waals surface area contributed by atoms with Crippen LogP contribution in [0, 0.1) is 6.92 Å². The summed E-state index contributed by atoms with van der Waals surface area (Å²) in [5.74, 6) is -0.529. The molecule has 2 aromatic rings. The van der Waals surface area contributed by atoms with Crippen molar-refractivity contribution < 1.29 is 14.3 Å². The van der Waals surface area contributed by atoms with Crippen molar-refractivity contribution >= 4 is 16.7 Å². The molecule has 1 N–H and O–H groups in total. The summed E-state index contributed by atoms with van der Waals surface area (Å²) in [7, 11) is 0. The lowest BCUT2D eigenvalue weighted by atomic mass is 9.93. The van der Waals surface area contributed by atoms with E-state index in [2.05, 4.69) is 0 Å². The highest BCUT2D eigenvalue weighted by Crippen LogP contribution is 2.26. The predicted octanol–water partition coefficient (Wildman–Crippen LogP) is 2.92. The van der Waals surface area contributed by atoms with Crippen LogP contribution in [0.3, 0.4) is 0 Å². The molecule has 94 valence electrons. The van der Waals surface area contributed by atoms with E-state index in [4.69, 9.17) is 4.42 Å². The molecule has 0 saturated heterocycles. The first-order chi connectivity index (χ1) is 8.41. The van der Waals surface area contributed by atoms with Gasteiger partial charge in [0.2, 0.25) is 0 Å². The molecule has 0 aliphatic carbocycles. The Bertz CT molecular complexity index is 680. The first-order valence-corrected chi connectivity index (χ1v) is 5.72. The van der Waals surface area contributed by atoms with Crippen LogP contribution in [-0.2, 0) is 0 Å². The summed E-state index contributed by atoms with van der Waals surface area (Å²) < 4.78 is 4.98. The van der Waals surface area contributed by atoms with Gasteiger partial charge in [0.1, 0.15) is 5.76 Å². The Morgan fingerprint density at radius 1 is 1.28 bits per heavy atom. The van der Waals surface area contributed by atoms with Gasteiger partial charge in [0.15, 0.2) is 0 Å². The van der Waals surface area contributed by atoms with E-state index in [0.29, 0.717) is 16.5 Å². The lowest BCUT2D eigenvalue weighted by molar-refractivity contribution is 0.0697. The molecule has 1 heterocycles. The van der Waals surface area contributed by atoms with Gasteiger partial charge in [-0.3, -0.25) is 0 Å². The van der Waals surface area contributed by atoms with E-state index in [1.54, 1.807) is 25.1 Å². The van der Waals surface area contributed by atoms with Crippen LogP contribution in [0.15, 0.2) is 27.4 Å². The summed E-state index contributed by atoms with van der Waals surface area (Å²) in [6.07, 6.45) is 0. The highest BCUT2D eigenvalue weighted by molar-refractivity contribution is 6.04. The number of carboxylic acid groups (broad SMARTS) is 1. The zero-order valence-corrected chi connectivity index (χ0v) is 10.5. The van der Waals surface area contributed by atoms with Gasteiger partial charge >= 0.3 is 11.6 Å². The summed E-state index contributed by atoms with van der Waals surface area (Å²) in [6, 6.07) is 4.91. The Labute approximate surface area is 104 Å². The Morgan fingerprint density at radius 3 is 2.50 bits per heavy atom. The minimum Gasteiger partial charge on any atom is -0.478 e. The van der Waals surface area contributed by atoms with Gasteiger partial charge in [0, 0.05) is 5.39 Å². The minimum absolute atomic E-state index is 0.0769. The second-order valence-electron chi connectivity index (χ2n) is 4.60. The summed E-state index contributed by atoms with van der Waals surface area (Å²) in [5, 5.41) is 10.1. The molecule has 0 bridgehead atoms. The van der Waals surface area contributed by atoms with Crippen LogP contribution in [0.5, 0.6) is 0 Å². The molecule has 1 aromatic heterocycles. The Kier molecular flexibility index (Phi) is 2.95. The number of carbonyl (C=O) groups is 1. The highest BCUT2D eigenvalue weighted by atomic mass is 16.4. The van der Waals surface area contributed by atoms with Gasteiger partial charge in [-0.15, -0.1) is 0 Å². The largest absolute Gasteiger partial charge is 0.478 e. The maximum absolute atomic E-state index is 11.7. The van der Waals surface area contributed by atoms with Crippen LogP contribution >= 0.6 is 0 Å². The first-order valence-electron chi connectivity index (χ1n) is 5.72. The van der Waals surface area contributed by atoms with Crippen molar-refractivity contribution in [3.8, 4) is 0 Å². The third-order valence-electron chi connectivity index (χ3n) is 2.93. The number of fused-ring (bicyclic) bond motifs is 1. The normalized spacial score (nSPS) is 11.1. The average molecular weight is 246 g/mol. The van der Waals surface area contributed by atoms with E-state index in [9.17, 15) is 14.7 Å². The highest BCUT2D eigenvalue weighted by Gasteiger charge is 2.18. The van der Waals surface area contributed by atoms with Crippen LogP contribution in [0.1, 0.15) is 41.4 Å². The molecule has 18 heavy (non-hydrogen) atoms. The fraction of sp³-hybridized carbons (Fsp3) is 0.286. The Morgan fingerprint density at radius 2 is 1.94 bits per heavy atom. The monoisotopic (exact) mass is 246 g/mol. The summed E-state index contributed by atoms with van der Waals surface area (Å²) >= 11 is 0. The first kappa shape index (κ1) is 12.4.